The van der Waals surface area contributed by atoms with Gasteiger partial charge >= 0.3 is 0 Å². The first-order chi connectivity index (χ1) is 6.58. The third-order valence-electron chi connectivity index (χ3n) is 1.25. The summed E-state index contributed by atoms with van der Waals surface area (Å²) in [6.07, 6.45) is -1.17. The zero-order valence-electron chi connectivity index (χ0n) is 8.50. The molecule has 0 heterocycles. The van der Waals surface area contributed by atoms with Crippen molar-refractivity contribution in [2.75, 3.05) is 39.5 Å². The maximum absolute atomic E-state index is 8.48. The Hall–Kier alpha value is -0.240. The largest absolute Gasteiger partial charge is 0.395 e. The lowest BCUT2D eigenvalue weighted by Crippen LogP contribution is -2.32. The number of rotatable bonds is 6. The molecule has 0 bridgehead atoms. The monoisotopic (exact) mass is 211 g/mol. The topological polar surface area (TPSA) is 104 Å². The van der Waals surface area contributed by atoms with Crippen molar-refractivity contribution in [1.82, 2.24) is 4.90 Å². The number of hydrogen-bond acceptors (Lipinski definition) is 6. The second-order valence-corrected chi connectivity index (χ2v) is 2.64. The Balaban J connectivity index is 0. The smallest absolute Gasteiger partial charge is 0.148 e. The van der Waals surface area contributed by atoms with Crippen LogP contribution < -0.4 is 0 Å². The Labute approximate surface area is 84.0 Å². The molecule has 0 atom stereocenters. The van der Waals surface area contributed by atoms with Crippen LogP contribution in [0.25, 0.3) is 0 Å². The van der Waals surface area contributed by atoms with Crippen LogP contribution >= 0.6 is 0 Å². The molecule has 0 radical (unpaired) electrons. The average Bonchev–Trinajstić information content (AvgIpc) is 2.04. The first kappa shape index (κ1) is 16.2. The lowest BCUT2D eigenvalue weighted by molar-refractivity contribution is -0.0228. The molecule has 0 aromatic heterocycles. The molecule has 0 aromatic carbocycles. The molecule has 0 saturated carbocycles. The van der Waals surface area contributed by atoms with Crippen LogP contribution in [0.4, 0.5) is 0 Å². The normalized spacial score (nSPS) is 10.3. The van der Waals surface area contributed by atoms with Gasteiger partial charge in [0.1, 0.15) is 6.29 Å². The molecule has 0 rings (SSSR count). The molecule has 6 nitrogen and oxygen atoms in total. The van der Waals surface area contributed by atoms with Gasteiger partial charge in [-0.3, -0.25) is 4.90 Å². The summed E-state index contributed by atoms with van der Waals surface area (Å²) < 4.78 is 0. The third-order valence-corrected chi connectivity index (χ3v) is 1.25. The van der Waals surface area contributed by atoms with Gasteiger partial charge in [-0.2, -0.15) is 0 Å². The van der Waals surface area contributed by atoms with Crippen LogP contribution in [-0.4, -0.2) is 76.2 Å². The van der Waals surface area contributed by atoms with Crippen LogP contribution in [-0.2, 0) is 0 Å². The van der Waals surface area contributed by atoms with E-state index in [2.05, 4.69) is 0 Å². The number of aliphatic hydroxyl groups excluding tert-OH is 4. The summed E-state index contributed by atoms with van der Waals surface area (Å²) in [6.45, 7) is 3.03. The Morgan fingerprint density at radius 3 is 1.21 bits per heavy atom. The summed E-state index contributed by atoms with van der Waals surface area (Å²) in [5.41, 5.74) is 0. The summed E-state index contributed by atoms with van der Waals surface area (Å²) in [4.78, 5) is 1.79. The van der Waals surface area contributed by atoms with E-state index < -0.39 is 6.29 Å². The second-order valence-electron chi connectivity index (χ2n) is 2.64. The molecule has 0 saturated heterocycles. The van der Waals surface area contributed by atoms with E-state index in [0.29, 0.717) is 19.6 Å². The third kappa shape index (κ3) is 17.7. The zero-order chi connectivity index (χ0) is 11.4. The van der Waals surface area contributed by atoms with Gasteiger partial charge < -0.3 is 25.5 Å². The van der Waals surface area contributed by atoms with Gasteiger partial charge in [-0.25, -0.2) is 0 Å². The summed E-state index contributed by atoms with van der Waals surface area (Å²) in [5, 5.41) is 40.7. The van der Waals surface area contributed by atoms with Gasteiger partial charge in [0.05, 0.1) is 19.8 Å². The van der Waals surface area contributed by atoms with Crippen LogP contribution in [0.3, 0.4) is 0 Å². The maximum atomic E-state index is 8.48. The van der Waals surface area contributed by atoms with Gasteiger partial charge in [-0.05, 0) is 6.92 Å². The van der Waals surface area contributed by atoms with Gasteiger partial charge in [-0.1, -0.05) is 0 Å². The molecule has 0 unspecified atom stereocenters. The number of nitrogens with zero attached hydrogens (tertiary/aromatic N) is 1. The molecule has 6 heteroatoms. The molecule has 0 aliphatic rings. The molecular formula is C8H21NO5. The van der Waals surface area contributed by atoms with E-state index in [-0.39, 0.29) is 19.8 Å². The summed E-state index contributed by atoms with van der Waals surface area (Å²) in [6, 6.07) is 0. The first-order valence-corrected chi connectivity index (χ1v) is 4.49. The Morgan fingerprint density at radius 1 is 0.857 bits per heavy atom. The lowest BCUT2D eigenvalue weighted by atomic mass is 10.4. The highest BCUT2D eigenvalue weighted by atomic mass is 16.5. The molecule has 5 N–H and O–H groups in total. The number of hydrogen-bond donors (Lipinski definition) is 5. The highest BCUT2D eigenvalue weighted by molar-refractivity contribution is 4.54. The van der Waals surface area contributed by atoms with E-state index in [1.54, 1.807) is 4.90 Å². The fourth-order valence-electron chi connectivity index (χ4n) is 0.760. The number of aliphatic hydroxyl groups is 5. The molecule has 0 aromatic rings. The molecule has 14 heavy (non-hydrogen) atoms. The van der Waals surface area contributed by atoms with Gasteiger partial charge in [0.25, 0.3) is 0 Å². The van der Waals surface area contributed by atoms with Gasteiger partial charge in [0.2, 0.25) is 0 Å². The van der Waals surface area contributed by atoms with Crippen LogP contribution in [0.1, 0.15) is 6.92 Å². The minimum atomic E-state index is -1.17. The molecule has 0 spiro atoms. The first-order valence-electron chi connectivity index (χ1n) is 4.49. The van der Waals surface area contributed by atoms with Crippen molar-refractivity contribution in [2.24, 2.45) is 0 Å². The Bertz CT molecular complexity index is 84.7. The maximum Gasteiger partial charge on any atom is 0.148 e. The standard InChI is InChI=1S/C6H15NO3.C2H6O2/c8-4-1-7(2-5-9)3-6-10;1-2(3)4/h8-10H,1-6H2;2-4H,1H3. The van der Waals surface area contributed by atoms with E-state index in [4.69, 9.17) is 25.5 Å². The molecular weight excluding hydrogens is 190 g/mol. The quantitative estimate of drug-likeness (QED) is 0.313. The van der Waals surface area contributed by atoms with Crippen molar-refractivity contribution >= 4 is 0 Å². The lowest BCUT2D eigenvalue weighted by Gasteiger charge is -2.17. The fraction of sp³-hybridized carbons (Fsp3) is 1.00. The van der Waals surface area contributed by atoms with Crippen LogP contribution in [0.15, 0.2) is 0 Å². The summed E-state index contributed by atoms with van der Waals surface area (Å²) in [5.74, 6) is 0. The van der Waals surface area contributed by atoms with Crippen molar-refractivity contribution in [3.05, 3.63) is 0 Å². The second kappa shape index (κ2) is 12.8. The molecule has 0 amide bonds. The van der Waals surface area contributed by atoms with Crippen molar-refractivity contribution in [3.8, 4) is 0 Å². The van der Waals surface area contributed by atoms with E-state index in [0.717, 1.165) is 0 Å². The Morgan fingerprint density at radius 2 is 1.07 bits per heavy atom. The fourth-order valence-corrected chi connectivity index (χ4v) is 0.760. The minimum absolute atomic E-state index is 0.0694. The van der Waals surface area contributed by atoms with Crippen LogP contribution in [0.5, 0.6) is 0 Å². The predicted molar refractivity (Wildman–Crippen MR) is 51.6 cm³/mol. The van der Waals surface area contributed by atoms with Crippen LogP contribution in [0.2, 0.25) is 0 Å². The predicted octanol–water partition coefficient (Wildman–Crippen LogP) is -2.42. The van der Waals surface area contributed by atoms with Gasteiger partial charge in [0, 0.05) is 19.6 Å². The van der Waals surface area contributed by atoms with Crippen molar-refractivity contribution in [1.29, 1.82) is 0 Å². The van der Waals surface area contributed by atoms with Crippen molar-refractivity contribution in [2.45, 2.75) is 13.2 Å². The van der Waals surface area contributed by atoms with Gasteiger partial charge in [-0.15, -0.1) is 0 Å². The minimum Gasteiger partial charge on any atom is -0.395 e. The van der Waals surface area contributed by atoms with Crippen molar-refractivity contribution < 1.29 is 25.5 Å². The van der Waals surface area contributed by atoms with Crippen LogP contribution in [0, 0.1) is 0 Å². The van der Waals surface area contributed by atoms with Crippen molar-refractivity contribution in [3.63, 3.8) is 0 Å². The Kier molecular flexibility index (Phi) is 14.8. The molecule has 88 valence electrons. The van der Waals surface area contributed by atoms with E-state index in [1.165, 1.54) is 6.92 Å². The highest BCUT2D eigenvalue weighted by Crippen LogP contribution is 1.84. The summed E-state index contributed by atoms with van der Waals surface area (Å²) >= 11 is 0. The SMILES string of the molecule is CC(O)O.OCCN(CCO)CCO. The van der Waals surface area contributed by atoms with E-state index >= 15 is 0 Å². The zero-order valence-corrected chi connectivity index (χ0v) is 8.50. The van der Waals surface area contributed by atoms with E-state index in [1.807, 2.05) is 0 Å². The molecule has 0 aliphatic carbocycles. The average molecular weight is 211 g/mol. The summed E-state index contributed by atoms with van der Waals surface area (Å²) in [7, 11) is 0. The molecule has 0 aliphatic heterocycles. The van der Waals surface area contributed by atoms with Gasteiger partial charge in [0.15, 0.2) is 0 Å². The van der Waals surface area contributed by atoms with E-state index in [9.17, 15) is 0 Å². The highest BCUT2D eigenvalue weighted by Gasteiger charge is 2.00. The molecule has 0 fully saturated rings.